The SMILES string of the molecule is NCc1cc2c3ccccc3c1c1ccccc21. The van der Waals surface area contributed by atoms with E-state index in [0.717, 1.165) is 0 Å². The van der Waals surface area contributed by atoms with Crippen LogP contribution < -0.4 is 5.73 Å². The van der Waals surface area contributed by atoms with Crippen molar-refractivity contribution in [3.63, 3.8) is 0 Å². The topological polar surface area (TPSA) is 26.0 Å². The second-order valence-corrected chi connectivity index (χ2v) is 4.75. The van der Waals surface area contributed by atoms with Gasteiger partial charge in [0.05, 0.1) is 0 Å². The maximum atomic E-state index is 5.90. The Morgan fingerprint density at radius 1 is 0.667 bits per heavy atom. The number of hydrogen-bond acceptors (Lipinski definition) is 1. The summed E-state index contributed by atoms with van der Waals surface area (Å²) < 4.78 is 0. The molecule has 0 aliphatic carbocycles. The summed E-state index contributed by atoms with van der Waals surface area (Å²) in [5.74, 6) is 0. The van der Waals surface area contributed by atoms with Gasteiger partial charge in [-0.2, -0.15) is 0 Å². The van der Waals surface area contributed by atoms with Crippen LogP contribution in [0.3, 0.4) is 0 Å². The van der Waals surface area contributed by atoms with Crippen molar-refractivity contribution < 1.29 is 0 Å². The normalized spacial score (nSPS) is 11.8. The standard InChI is InChI=1S/C17H13N/c18-10-11-9-16-12-5-1-3-7-14(12)17(11)15-8-4-2-6-13(15)16/h1-9H,10,18H2. The van der Waals surface area contributed by atoms with Gasteiger partial charge < -0.3 is 5.73 Å². The maximum Gasteiger partial charge on any atom is 0.0184 e. The Kier molecular flexibility index (Phi) is 1.88. The Morgan fingerprint density at radius 3 is 1.67 bits per heavy atom. The van der Waals surface area contributed by atoms with Gasteiger partial charge in [0.2, 0.25) is 0 Å². The van der Waals surface area contributed by atoms with Crippen LogP contribution in [0.1, 0.15) is 5.56 Å². The van der Waals surface area contributed by atoms with E-state index in [1.807, 2.05) is 0 Å². The van der Waals surface area contributed by atoms with Crippen LogP contribution in [-0.2, 0) is 6.54 Å². The fourth-order valence-corrected chi connectivity index (χ4v) is 3.07. The molecule has 5 rings (SSSR count). The van der Waals surface area contributed by atoms with Crippen LogP contribution in [0, 0.1) is 0 Å². The van der Waals surface area contributed by atoms with Gasteiger partial charge in [0, 0.05) is 6.54 Å². The van der Waals surface area contributed by atoms with Crippen LogP contribution in [0.5, 0.6) is 0 Å². The van der Waals surface area contributed by atoms with Crippen molar-refractivity contribution >= 4 is 32.3 Å². The fraction of sp³-hybridized carbons (Fsp3) is 0.0588. The van der Waals surface area contributed by atoms with Gasteiger partial charge in [-0.15, -0.1) is 0 Å². The van der Waals surface area contributed by atoms with E-state index >= 15 is 0 Å². The molecule has 86 valence electrons. The highest BCUT2D eigenvalue weighted by atomic mass is 14.5. The van der Waals surface area contributed by atoms with E-state index in [9.17, 15) is 0 Å². The first-order valence-electron chi connectivity index (χ1n) is 6.24. The second kappa shape index (κ2) is 3.44. The van der Waals surface area contributed by atoms with Gasteiger partial charge in [-0.05, 0) is 43.9 Å². The molecule has 0 aromatic heterocycles. The average molecular weight is 231 g/mol. The summed E-state index contributed by atoms with van der Waals surface area (Å²) in [5, 5.41) is 7.96. The minimum absolute atomic E-state index is 0.599. The Balaban J connectivity index is 2.43. The van der Waals surface area contributed by atoms with Crippen molar-refractivity contribution in [2.24, 2.45) is 5.73 Å². The molecule has 0 radical (unpaired) electrons. The molecular formula is C17H13N. The number of fused-ring (bicyclic) bond motifs is 1. The highest BCUT2D eigenvalue weighted by Gasteiger charge is 2.13. The van der Waals surface area contributed by atoms with Crippen LogP contribution in [0.4, 0.5) is 0 Å². The van der Waals surface area contributed by atoms with E-state index in [-0.39, 0.29) is 0 Å². The summed E-state index contributed by atoms with van der Waals surface area (Å²) in [7, 11) is 0. The molecule has 0 spiro atoms. The average Bonchev–Trinajstić information content (AvgIpc) is 2.47. The first kappa shape index (κ1) is 9.86. The third-order valence-electron chi connectivity index (χ3n) is 3.83. The summed E-state index contributed by atoms with van der Waals surface area (Å²) in [6.45, 7) is 0.599. The smallest absolute Gasteiger partial charge is 0.0184 e. The lowest BCUT2D eigenvalue weighted by Gasteiger charge is -2.16. The van der Waals surface area contributed by atoms with Crippen LogP contribution in [-0.4, -0.2) is 0 Å². The van der Waals surface area contributed by atoms with E-state index in [2.05, 4.69) is 54.6 Å². The molecule has 0 saturated heterocycles. The predicted octanol–water partition coefficient (Wildman–Crippen LogP) is 4.04. The van der Waals surface area contributed by atoms with E-state index < -0.39 is 0 Å². The maximum absolute atomic E-state index is 5.90. The summed E-state index contributed by atoms with van der Waals surface area (Å²) in [6.07, 6.45) is 0. The molecule has 0 fully saturated rings. The monoisotopic (exact) mass is 231 g/mol. The highest BCUT2D eigenvalue weighted by Crippen LogP contribution is 2.39. The molecule has 0 amide bonds. The highest BCUT2D eigenvalue weighted by molar-refractivity contribution is 6.28. The van der Waals surface area contributed by atoms with Crippen LogP contribution >= 0.6 is 0 Å². The molecular weight excluding hydrogens is 218 g/mol. The van der Waals surface area contributed by atoms with Crippen molar-refractivity contribution in [3.8, 4) is 0 Å². The minimum atomic E-state index is 0.599. The van der Waals surface area contributed by atoms with Crippen LogP contribution in [0.2, 0.25) is 0 Å². The summed E-state index contributed by atoms with van der Waals surface area (Å²) in [5.41, 5.74) is 7.15. The minimum Gasteiger partial charge on any atom is -0.326 e. The number of nitrogens with two attached hydrogens (primary N) is 1. The van der Waals surface area contributed by atoms with Crippen molar-refractivity contribution in [3.05, 3.63) is 60.2 Å². The molecule has 1 heteroatoms. The second-order valence-electron chi connectivity index (χ2n) is 4.75. The van der Waals surface area contributed by atoms with Crippen LogP contribution in [0.15, 0.2) is 54.6 Å². The molecule has 0 saturated carbocycles. The molecule has 18 heavy (non-hydrogen) atoms. The Labute approximate surface area is 105 Å². The molecule has 0 atom stereocenters. The van der Waals surface area contributed by atoms with Gasteiger partial charge >= 0.3 is 0 Å². The fourth-order valence-electron chi connectivity index (χ4n) is 3.07. The van der Waals surface area contributed by atoms with Crippen molar-refractivity contribution in [1.29, 1.82) is 0 Å². The Hall–Kier alpha value is -2.12. The zero-order valence-electron chi connectivity index (χ0n) is 9.98. The van der Waals surface area contributed by atoms with E-state index in [0.29, 0.717) is 6.54 Å². The number of benzene rings is 5. The first-order chi connectivity index (χ1) is 8.90. The Bertz CT molecular complexity index is 801. The van der Waals surface area contributed by atoms with E-state index in [1.54, 1.807) is 0 Å². The van der Waals surface area contributed by atoms with Gasteiger partial charge in [-0.3, -0.25) is 0 Å². The molecule has 0 aliphatic rings. The molecule has 0 aliphatic heterocycles. The lowest BCUT2D eigenvalue weighted by atomic mass is 9.88. The molecule has 2 N–H and O–H groups in total. The summed E-state index contributed by atoms with van der Waals surface area (Å²) in [4.78, 5) is 0. The van der Waals surface area contributed by atoms with Gasteiger partial charge in [0.15, 0.2) is 0 Å². The van der Waals surface area contributed by atoms with Crippen molar-refractivity contribution in [2.75, 3.05) is 0 Å². The Morgan fingerprint density at radius 2 is 1.17 bits per heavy atom. The van der Waals surface area contributed by atoms with Gasteiger partial charge in [-0.25, -0.2) is 0 Å². The molecule has 5 aromatic rings. The molecule has 0 unspecified atom stereocenters. The lowest BCUT2D eigenvalue weighted by Crippen LogP contribution is -2.00. The molecule has 2 bridgehead atoms. The van der Waals surface area contributed by atoms with Crippen molar-refractivity contribution in [2.45, 2.75) is 6.54 Å². The van der Waals surface area contributed by atoms with E-state index in [4.69, 9.17) is 5.73 Å². The zero-order valence-corrected chi connectivity index (χ0v) is 9.98. The quantitative estimate of drug-likeness (QED) is 0.491. The third-order valence-corrected chi connectivity index (χ3v) is 3.83. The lowest BCUT2D eigenvalue weighted by molar-refractivity contribution is 1.09. The first-order valence-corrected chi connectivity index (χ1v) is 6.24. The van der Waals surface area contributed by atoms with Gasteiger partial charge in [0.1, 0.15) is 0 Å². The van der Waals surface area contributed by atoms with Gasteiger partial charge in [-0.1, -0.05) is 48.5 Å². The molecule has 1 nitrogen and oxygen atoms in total. The summed E-state index contributed by atoms with van der Waals surface area (Å²) >= 11 is 0. The molecule has 0 heterocycles. The third kappa shape index (κ3) is 1.09. The largest absolute Gasteiger partial charge is 0.326 e. The summed E-state index contributed by atoms with van der Waals surface area (Å²) in [6, 6.07) is 19.5. The molecule has 5 aromatic carbocycles. The predicted molar refractivity (Wildman–Crippen MR) is 78.0 cm³/mol. The van der Waals surface area contributed by atoms with E-state index in [1.165, 1.54) is 37.9 Å². The zero-order chi connectivity index (χ0) is 12.1. The number of rotatable bonds is 1. The van der Waals surface area contributed by atoms with Gasteiger partial charge in [0.25, 0.3) is 0 Å². The number of hydrogen-bond donors (Lipinski definition) is 1. The van der Waals surface area contributed by atoms with Crippen LogP contribution in [0.25, 0.3) is 32.3 Å². The van der Waals surface area contributed by atoms with Crippen molar-refractivity contribution in [1.82, 2.24) is 0 Å².